The van der Waals surface area contributed by atoms with Crippen LogP contribution in [0.4, 0.5) is 0 Å². The summed E-state index contributed by atoms with van der Waals surface area (Å²) < 4.78 is 5.70. The van der Waals surface area contributed by atoms with Gasteiger partial charge in [-0.3, -0.25) is 4.90 Å². The second-order valence-corrected chi connectivity index (χ2v) is 5.82. The summed E-state index contributed by atoms with van der Waals surface area (Å²) in [5.41, 5.74) is 1.31. The van der Waals surface area contributed by atoms with Crippen molar-refractivity contribution in [1.82, 2.24) is 15.1 Å². The average molecular weight is 279 g/mol. The molecule has 1 saturated heterocycles. The number of hydrogen-bond acceptors (Lipinski definition) is 4. The van der Waals surface area contributed by atoms with Crippen LogP contribution in [-0.2, 0) is 13.1 Å². The maximum atomic E-state index is 5.70. The molecule has 1 fully saturated rings. The van der Waals surface area contributed by atoms with Gasteiger partial charge in [0.05, 0.1) is 12.8 Å². The number of furan rings is 1. The molecule has 114 valence electrons. The quantitative estimate of drug-likeness (QED) is 0.776. The van der Waals surface area contributed by atoms with E-state index >= 15 is 0 Å². The van der Waals surface area contributed by atoms with Crippen LogP contribution in [0.3, 0.4) is 0 Å². The first-order valence-electron chi connectivity index (χ1n) is 7.93. The van der Waals surface area contributed by atoms with Crippen LogP contribution < -0.4 is 5.32 Å². The molecule has 1 aromatic rings. The molecule has 0 spiro atoms. The summed E-state index contributed by atoms with van der Waals surface area (Å²) in [5.74, 6) is 1.13. The lowest BCUT2D eigenvalue weighted by Gasteiger charge is -2.38. The second-order valence-electron chi connectivity index (χ2n) is 5.82. The van der Waals surface area contributed by atoms with Gasteiger partial charge in [-0.2, -0.15) is 0 Å². The Labute approximate surface area is 123 Å². The first-order valence-corrected chi connectivity index (χ1v) is 7.93. The Bertz CT molecular complexity index is 391. The Morgan fingerprint density at radius 3 is 2.95 bits per heavy atom. The van der Waals surface area contributed by atoms with E-state index in [4.69, 9.17) is 4.42 Å². The van der Waals surface area contributed by atoms with E-state index in [-0.39, 0.29) is 0 Å². The second kappa shape index (κ2) is 7.81. The predicted octanol–water partition coefficient (Wildman–Crippen LogP) is 2.31. The lowest BCUT2D eigenvalue weighted by Crippen LogP contribution is -2.50. The maximum Gasteiger partial charge on any atom is 0.122 e. The SMILES string of the molecule is CCCNCc1ccoc1CN1CCN(C)C(CC)C1. The zero-order valence-corrected chi connectivity index (χ0v) is 13.2. The summed E-state index contributed by atoms with van der Waals surface area (Å²) in [4.78, 5) is 5.00. The molecule has 0 aliphatic carbocycles. The molecule has 0 bridgehead atoms. The number of nitrogens with one attached hydrogen (secondary N) is 1. The van der Waals surface area contributed by atoms with Gasteiger partial charge >= 0.3 is 0 Å². The highest BCUT2D eigenvalue weighted by molar-refractivity contribution is 5.17. The van der Waals surface area contributed by atoms with Crippen LogP contribution in [0.1, 0.15) is 38.0 Å². The molecule has 1 aromatic heterocycles. The molecular formula is C16H29N3O. The third-order valence-corrected chi connectivity index (χ3v) is 4.28. The highest BCUT2D eigenvalue weighted by Gasteiger charge is 2.23. The summed E-state index contributed by atoms with van der Waals surface area (Å²) in [6.07, 6.45) is 4.21. The van der Waals surface area contributed by atoms with Gasteiger partial charge in [-0.25, -0.2) is 0 Å². The number of piperazine rings is 1. The Hall–Kier alpha value is -0.840. The van der Waals surface area contributed by atoms with Gasteiger partial charge in [-0.05, 0) is 32.5 Å². The van der Waals surface area contributed by atoms with Crippen LogP contribution in [-0.4, -0.2) is 49.1 Å². The molecule has 2 heterocycles. The third-order valence-electron chi connectivity index (χ3n) is 4.28. The van der Waals surface area contributed by atoms with Crippen molar-refractivity contribution in [3.05, 3.63) is 23.7 Å². The third kappa shape index (κ3) is 4.08. The minimum atomic E-state index is 0.681. The van der Waals surface area contributed by atoms with Crippen molar-refractivity contribution in [2.75, 3.05) is 33.2 Å². The van der Waals surface area contributed by atoms with Crippen molar-refractivity contribution in [1.29, 1.82) is 0 Å². The van der Waals surface area contributed by atoms with Gasteiger partial charge in [0.15, 0.2) is 0 Å². The maximum absolute atomic E-state index is 5.70. The van der Waals surface area contributed by atoms with Crippen molar-refractivity contribution >= 4 is 0 Å². The minimum absolute atomic E-state index is 0.681. The van der Waals surface area contributed by atoms with Crippen molar-refractivity contribution in [2.24, 2.45) is 0 Å². The van der Waals surface area contributed by atoms with E-state index in [1.807, 2.05) is 6.26 Å². The molecule has 1 unspecified atom stereocenters. The molecule has 4 nitrogen and oxygen atoms in total. The van der Waals surface area contributed by atoms with Crippen molar-refractivity contribution in [2.45, 2.75) is 45.8 Å². The fraction of sp³-hybridized carbons (Fsp3) is 0.750. The number of likely N-dealkylation sites (N-methyl/N-ethyl adjacent to an activating group) is 1. The van der Waals surface area contributed by atoms with Gasteiger partial charge in [-0.15, -0.1) is 0 Å². The van der Waals surface area contributed by atoms with Crippen molar-refractivity contribution < 1.29 is 4.42 Å². The Morgan fingerprint density at radius 2 is 2.20 bits per heavy atom. The molecular weight excluding hydrogens is 250 g/mol. The molecule has 2 rings (SSSR count). The van der Waals surface area contributed by atoms with E-state index in [1.54, 1.807) is 0 Å². The van der Waals surface area contributed by atoms with Crippen molar-refractivity contribution in [3.8, 4) is 0 Å². The van der Waals surface area contributed by atoms with E-state index in [0.717, 1.165) is 45.0 Å². The zero-order valence-electron chi connectivity index (χ0n) is 13.2. The highest BCUT2D eigenvalue weighted by Crippen LogP contribution is 2.17. The first-order chi connectivity index (χ1) is 9.74. The number of nitrogens with zero attached hydrogens (tertiary/aromatic N) is 2. The molecule has 1 N–H and O–H groups in total. The van der Waals surface area contributed by atoms with Crippen LogP contribution in [0, 0.1) is 0 Å². The van der Waals surface area contributed by atoms with Crippen LogP contribution in [0.15, 0.2) is 16.7 Å². The summed E-state index contributed by atoms with van der Waals surface area (Å²) in [6, 6.07) is 2.78. The molecule has 1 atom stereocenters. The molecule has 0 aromatic carbocycles. The molecule has 20 heavy (non-hydrogen) atoms. The lowest BCUT2D eigenvalue weighted by molar-refractivity contribution is 0.0833. The fourth-order valence-corrected chi connectivity index (χ4v) is 2.86. The highest BCUT2D eigenvalue weighted by atomic mass is 16.3. The van der Waals surface area contributed by atoms with E-state index < -0.39 is 0 Å². The monoisotopic (exact) mass is 279 g/mol. The van der Waals surface area contributed by atoms with Crippen LogP contribution >= 0.6 is 0 Å². The Balaban J connectivity index is 1.88. The number of rotatable bonds is 7. The van der Waals surface area contributed by atoms with Gasteiger partial charge in [0.2, 0.25) is 0 Å². The predicted molar refractivity (Wildman–Crippen MR) is 82.7 cm³/mol. The smallest absolute Gasteiger partial charge is 0.122 e. The molecule has 4 heteroatoms. The molecule has 1 aliphatic rings. The summed E-state index contributed by atoms with van der Waals surface area (Å²) in [7, 11) is 2.23. The van der Waals surface area contributed by atoms with E-state index in [0.29, 0.717) is 6.04 Å². The normalized spacial score (nSPS) is 21.4. The average Bonchev–Trinajstić information content (AvgIpc) is 2.88. The van der Waals surface area contributed by atoms with E-state index in [1.165, 1.54) is 18.4 Å². The zero-order chi connectivity index (χ0) is 14.4. The lowest BCUT2D eigenvalue weighted by atomic mass is 10.1. The van der Waals surface area contributed by atoms with E-state index in [2.05, 4.69) is 42.1 Å². The molecule has 1 aliphatic heterocycles. The summed E-state index contributed by atoms with van der Waals surface area (Å²) in [5, 5.41) is 3.46. The largest absolute Gasteiger partial charge is 0.468 e. The molecule has 0 saturated carbocycles. The van der Waals surface area contributed by atoms with Gasteiger partial charge < -0.3 is 14.6 Å². The Morgan fingerprint density at radius 1 is 1.35 bits per heavy atom. The van der Waals surface area contributed by atoms with Crippen LogP contribution in [0.25, 0.3) is 0 Å². The van der Waals surface area contributed by atoms with Gasteiger partial charge in [-0.1, -0.05) is 13.8 Å². The van der Waals surface area contributed by atoms with Gasteiger partial charge in [0.25, 0.3) is 0 Å². The topological polar surface area (TPSA) is 31.7 Å². The summed E-state index contributed by atoms with van der Waals surface area (Å²) >= 11 is 0. The van der Waals surface area contributed by atoms with Crippen molar-refractivity contribution in [3.63, 3.8) is 0 Å². The number of hydrogen-bond donors (Lipinski definition) is 1. The van der Waals surface area contributed by atoms with Crippen LogP contribution in [0.5, 0.6) is 0 Å². The summed E-state index contributed by atoms with van der Waals surface area (Å²) in [6.45, 7) is 10.8. The first kappa shape index (κ1) is 15.5. The Kier molecular flexibility index (Phi) is 6.07. The standard InChI is InChI=1S/C16H29N3O/c1-4-7-17-11-14-6-10-20-16(14)13-19-9-8-18(3)15(5-2)12-19/h6,10,15,17H,4-5,7-9,11-13H2,1-3H3. The molecule has 0 radical (unpaired) electrons. The van der Waals surface area contributed by atoms with Gasteiger partial charge in [0.1, 0.15) is 5.76 Å². The molecule has 0 amide bonds. The van der Waals surface area contributed by atoms with Gasteiger partial charge in [0, 0.05) is 37.8 Å². The van der Waals surface area contributed by atoms with E-state index in [9.17, 15) is 0 Å². The van der Waals surface area contributed by atoms with Crippen LogP contribution in [0.2, 0.25) is 0 Å². The minimum Gasteiger partial charge on any atom is -0.468 e. The fourth-order valence-electron chi connectivity index (χ4n) is 2.86.